The molecule has 15 heteroatoms. The van der Waals surface area contributed by atoms with Crippen LogP contribution in [0.4, 0.5) is 13.2 Å². The molecule has 8 rings (SSSR count). The van der Waals surface area contributed by atoms with Crippen molar-refractivity contribution in [2.75, 3.05) is 13.1 Å². The summed E-state index contributed by atoms with van der Waals surface area (Å²) >= 11 is 18.8. The van der Waals surface area contributed by atoms with Crippen LogP contribution in [0.15, 0.2) is 20.5 Å². The Kier molecular flexibility index (Phi) is 15.9. The number of nitrogens with one attached hydrogen (secondary N) is 2. The average molecular weight is 876 g/mol. The summed E-state index contributed by atoms with van der Waals surface area (Å²) in [5.74, 6) is 2.78. The maximum atomic E-state index is 12.9. The zero-order valence-corrected chi connectivity index (χ0v) is 36.9. The standard InChI is InChI=1S/C20H31ClF3N3O.C19H31Cl2N3O.Zn/c21-16-9-11(20(22,23)24)10-25-19(16)27-26-17-14-7-3-1-5-12(14)13-6-2-4-8-15(13)18(17)28;20-11-9-16(21)19(22-10-11)24-23-17-14-7-3-1-5-12(14)13-6-2-4-8-15(13)18(17)25;/h11-19,25,28H,1-10H2;11-19,22,25H,1-10H2;. The van der Waals surface area contributed by atoms with Crippen LogP contribution in [0.3, 0.4) is 0 Å². The van der Waals surface area contributed by atoms with Gasteiger partial charge >= 0.3 is 6.18 Å². The van der Waals surface area contributed by atoms with Crippen LogP contribution in [-0.4, -0.2) is 82.2 Å². The minimum atomic E-state index is -4.24. The Bertz CT molecular complexity index is 1260. The van der Waals surface area contributed by atoms with Crippen molar-refractivity contribution in [1.82, 2.24) is 10.6 Å². The average Bonchev–Trinajstić information content (AvgIpc) is 3.16. The Morgan fingerprint density at radius 3 is 1.22 bits per heavy atom. The number of hydrogen-bond donors (Lipinski definition) is 4. The van der Waals surface area contributed by atoms with Crippen LogP contribution in [0, 0.1) is 53.3 Å². The van der Waals surface area contributed by atoms with E-state index in [1.165, 1.54) is 70.6 Å². The Morgan fingerprint density at radius 2 is 0.833 bits per heavy atom. The van der Waals surface area contributed by atoms with E-state index in [9.17, 15) is 23.4 Å². The first-order valence-electron chi connectivity index (χ1n) is 21.1. The van der Waals surface area contributed by atoms with E-state index in [-0.39, 0.29) is 73.5 Å². The van der Waals surface area contributed by atoms with Gasteiger partial charge in [-0.2, -0.15) is 33.6 Å². The number of halogens is 6. The van der Waals surface area contributed by atoms with Crippen molar-refractivity contribution >= 4 is 34.8 Å². The van der Waals surface area contributed by atoms with E-state index in [1.807, 2.05) is 0 Å². The molecule has 6 saturated carbocycles. The Balaban J connectivity index is 0.000000182. The van der Waals surface area contributed by atoms with Gasteiger partial charge in [-0.3, -0.25) is 10.6 Å². The summed E-state index contributed by atoms with van der Waals surface area (Å²) in [6, 6.07) is -0.278. The van der Waals surface area contributed by atoms with Gasteiger partial charge in [0.1, 0.15) is 24.4 Å². The van der Waals surface area contributed by atoms with Crippen LogP contribution in [-0.2, 0) is 19.5 Å². The topological polar surface area (TPSA) is 114 Å². The largest absolute Gasteiger partial charge is 0.393 e. The van der Waals surface area contributed by atoms with E-state index < -0.39 is 29.7 Å². The molecule has 8 fully saturated rings. The molecule has 0 aromatic heterocycles. The van der Waals surface area contributed by atoms with Gasteiger partial charge in [0.15, 0.2) is 0 Å². The van der Waals surface area contributed by atoms with Crippen LogP contribution >= 0.6 is 34.8 Å². The molecule has 18 atom stereocenters. The molecule has 0 radical (unpaired) electrons. The summed E-state index contributed by atoms with van der Waals surface area (Å²) in [5.41, 5.74) is 0. The second-order valence-electron chi connectivity index (χ2n) is 17.9. The number of nitrogens with zero attached hydrogens (tertiary/aromatic N) is 4. The number of fused-ring (bicyclic) bond motifs is 6. The molecule has 0 spiro atoms. The van der Waals surface area contributed by atoms with E-state index in [0.717, 1.165) is 51.0 Å². The molecule has 0 aromatic carbocycles. The van der Waals surface area contributed by atoms with Gasteiger partial charge in [-0.05, 0) is 112 Å². The molecule has 2 saturated heterocycles. The molecule has 18 unspecified atom stereocenters. The Hall–Kier alpha value is 0.323. The fourth-order valence-corrected chi connectivity index (χ4v) is 13.5. The quantitative estimate of drug-likeness (QED) is 0.128. The SMILES string of the molecule is OC1C2CCCCC2C2CCCCC2C1N=NC1NCC(C(F)(F)F)CC1Cl.OC1C2CCCCC2C2CCCCC2C1N=NC1NCC(Cl)CC1Cl.[Zn]. The van der Waals surface area contributed by atoms with Gasteiger partial charge in [0.05, 0.1) is 28.9 Å². The smallest absolute Gasteiger partial charge is 0.391 e. The van der Waals surface area contributed by atoms with Gasteiger partial charge in [0.25, 0.3) is 0 Å². The number of azo groups is 2. The second kappa shape index (κ2) is 19.6. The van der Waals surface area contributed by atoms with E-state index >= 15 is 0 Å². The third-order valence-electron chi connectivity index (χ3n) is 15.0. The predicted octanol–water partition coefficient (Wildman–Crippen LogP) is 9.23. The van der Waals surface area contributed by atoms with E-state index in [1.54, 1.807) is 0 Å². The van der Waals surface area contributed by atoms with E-state index in [4.69, 9.17) is 39.9 Å². The zero-order valence-electron chi connectivity index (χ0n) is 31.7. The third kappa shape index (κ3) is 9.84. The number of aliphatic hydroxyl groups excluding tert-OH is 2. The maximum absolute atomic E-state index is 12.9. The molecule has 304 valence electrons. The fourth-order valence-electron chi connectivity index (χ4n) is 12.4. The molecule has 2 aliphatic heterocycles. The normalized spacial score (nSPS) is 48.3. The minimum absolute atomic E-state index is 0. The van der Waals surface area contributed by atoms with Crippen molar-refractivity contribution < 1.29 is 42.9 Å². The molecule has 54 heavy (non-hydrogen) atoms. The van der Waals surface area contributed by atoms with Crippen LogP contribution in [0.5, 0.6) is 0 Å². The molecule has 0 aromatic rings. The molecular formula is C39H62Cl3F3N6O2Zn. The molecule has 0 amide bonds. The van der Waals surface area contributed by atoms with Crippen molar-refractivity contribution in [3.8, 4) is 0 Å². The van der Waals surface area contributed by atoms with Crippen molar-refractivity contribution in [2.24, 2.45) is 73.7 Å². The van der Waals surface area contributed by atoms with Crippen LogP contribution in [0.1, 0.15) is 116 Å². The molecule has 4 N–H and O–H groups in total. The molecule has 8 nitrogen and oxygen atoms in total. The summed E-state index contributed by atoms with van der Waals surface area (Å²) in [6.45, 7) is 0.540. The number of aliphatic hydroxyl groups is 2. The van der Waals surface area contributed by atoms with Crippen LogP contribution in [0.2, 0.25) is 0 Å². The van der Waals surface area contributed by atoms with Crippen molar-refractivity contribution in [1.29, 1.82) is 0 Å². The summed E-state index contributed by atoms with van der Waals surface area (Å²) in [4.78, 5) is 0. The van der Waals surface area contributed by atoms with Crippen LogP contribution < -0.4 is 10.6 Å². The summed E-state index contributed by atoms with van der Waals surface area (Å²) in [6.07, 6.45) is 14.3. The monoisotopic (exact) mass is 872 g/mol. The summed E-state index contributed by atoms with van der Waals surface area (Å²) in [7, 11) is 0. The summed E-state index contributed by atoms with van der Waals surface area (Å²) < 4.78 is 38.8. The zero-order chi connectivity index (χ0) is 37.3. The first kappa shape index (κ1) is 43.9. The van der Waals surface area contributed by atoms with Crippen molar-refractivity contribution in [2.45, 2.75) is 175 Å². The molecular weight excluding hydrogens is 813 g/mol. The second-order valence-corrected chi connectivity index (χ2v) is 19.7. The van der Waals surface area contributed by atoms with Gasteiger partial charge in [-0.1, -0.05) is 51.4 Å². The molecule has 6 aliphatic carbocycles. The van der Waals surface area contributed by atoms with Crippen LogP contribution in [0.25, 0.3) is 0 Å². The van der Waals surface area contributed by atoms with E-state index in [0.29, 0.717) is 35.5 Å². The summed E-state index contributed by atoms with van der Waals surface area (Å²) in [5, 5.41) is 45.7. The van der Waals surface area contributed by atoms with Gasteiger partial charge < -0.3 is 10.2 Å². The number of rotatable bonds is 4. The number of hydrogen-bond acceptors (Lipinski definition) is 8. The Labute approximate surface area is 347 Å². The van der Waals surface area contributed by atoms with Crippen molar-refractivity contribution in [3.63, 3.8) is 0 Å². The van der Waals surface area contributed by atoms with Gasteiger partial charge in [0.2, 0.25) is 0 Å². The molecule has 8 aliphatic rings. The maximum Gasteiger partial charge on any atom is 0.393 e. The van der Waals surface area contributed by atoms with E-state index in [2.05, 4.69) is 26.0 Å². The number of piperidine rings is 2. The predicted molar refractivity (Wildman–Crippen MR) is 202 cm³/mol. The van der Waals surface area contributed by atoms with Crippen molar-refractivity contribution in [3.05, 3.63) is 0 Å². The van der Waals surface area contributed by atoms with Gasteiger partial charge in [0, 0.05) is 37.9 Å². The number of alkyl halides is 6. The molecule has 2 heterocycles. The fraction of sp³-hybridized carbons (Fsp3) is 1.00. The van der Waals surface area contributed by atoms with Gasteiger partial charge in [-0.25, -0.2) is 0 Å². The first-order chi connectivity index (χ1) is 25.5. The third-order valence-corrected chi connectivity index (χ3v) is 16.1. The minimum Gasteiger partial charge on any atom is -0.391 e. The Morgan fingerprint density at radius 1 is 0.481 bits per heavy atom. The first-order valence-corrected chi connectivity index (χ1v) is 22.4. The molecule has 0 bridgehead atoms. The van der Waals surface area contributed by atoms with Gasteiger partial charge in [-0.15, -0.1) is 34.8 Å².